The van der Waals surface area contributed by atoms with E-state index in [2.05, 4.69) is 0 Å². The summed E-state index contributed by atoms with van der Waals surface area (Å²) in [5.74, 6) is -0.531. The summed E-state index contributed by atoms with van der Waals surface area (Å²) in [6.07, 6.45) is 0. The summed E-state index contributed by atoms with van der Waals surface area (Å²) in [6, 6.07) is 16.0. The highest BCUT2D eigenvalue weighted by atomic mass is 19.1. The Bertz CT molecular complexity index is 1440. The van der Waals surface area contributed by atoms with Crippen LogP contribution in [0.5, 0.6) is 11.5 Å². The Morgan fingerprint density at radius 2 is 1.80 bits per heavy atom. The minimum atomic E-state index is -0.795. The molecule has 0 unspecified atom stereocenters. The first-order valence-corrected chi connectivity index (χ1v) is 11.0. The molecule has 9 heteroatoms. The number of aliphatic hydroxyl groups is 1. The summed E-state index contributed by atoms with van der Waals surface area (Å²) in [6.45, 7) is 4.13. The van der Waals surface area contributed by atoms with Crippen LogP contribution in [-0.4, -0.2) is 28.0 Å². The van der Waals surface area contributed by atoms with E-state index in [9.17, 15) is 14.0 Å². The van der Waals surface area contributed by atoms with Crippen LogP contribution in [-0.2, 0) is 13.2 Å². The van der Waals surface area contributed by atoms with Crippen molar-refractivity contribution < 1.29 is 23.5 Å². The van der Waals surface area contributed by atoms with E-state index in [-0.39, 0.29) is 25.5 Å². The van der Waals surface area contributed by atoms with Gasteiger partial charge in [-0.1, -0.05) is 30.3 Å². The highest BCUT2D eigenvalue weighted by Gasteiger charge is 2.14. The highest BCUT2D eigenvalue weighted by molar-refractivity contribution is 5.72. The molecule has 0 bridgehead atoms. The fourth-order valence-electron chi connectivity index (χ4n) is 3.78. The number of H-pyrrole nitrogens is 1. The second-order valence-corrected chi connectivity index (χ2v) is 8.04. The number of benzene rings is 3. The summed E-state index contributed by atoms with van der Waals surface area (Å²) >= 11 is 0. The van der Waals surface area contributed by atoms with Gasteiger partial charge in [-0.25, -0.2) is 19.0 Å². The third-order valence-corrected chi connectivity index (χ3v) is 5.64. The number of nitrogens with zero attached hydrogens (tertiary/aromatic N) is 1. The molecule has 0 amide bonds. The van der Waals surface area contributed by atoms with E-state index in [0.717, 1.165) is 38.1 Å². The summed E-state index contributed by atoms with van der Waals surface area (Å²) < 4.78 is 31.5. The van der Waals surface area contributed by atoms with Gasteiger partial charge in [-0.05, 0) is 71.5 Å². The van der Waals surface area contributed by atoms with Gasteiger partial charge in [0.05, 0.1) is 13.2 Å². The molecule has 0 radical (unpaired) electrons. The molecule has 0 aliphatic carbocycles. The molecule has 0 saturated heterocycles. The van der Waals surface area contributed by atoms with Gasteiger partial charge in [0.15, 0.2) is 11.6 Å². The molecule has 0 spiro atoms. The number of hydrogen-bond donors (Lipinski definition) is 2. The van der Waals surface area contributed by atoms with E-state index in [0.29, 0.717) is 12.4 Å². The fraction of sp³-hybridized carbons (Fsp3) is 0.231. The Balaban J connectivity index is 1.48. The van der Waals surface area contributed by atoms with Crippen LogP contribution in [0.25, 0.3) is 11.1 Å². The van der Waals surface area contributed by atoms with Crippen LogP contribution < -0.4 is 20.9 Å². The molecule has 1 heterocycles. The van der Waals surface area contributed by atoms with E-state index < -0.39 is 17.3 Å². The van der Waals surface area contributed by atoms with Crippen LogP contribution in [0, 0.1) is 19.7 Å². The number of nitrogens with one attached hydrogen (secondary N) is 1. The molecule has 3 aromatic carbocycles. The van der Waals surface area contributed by atoms with Crippen molar-refractivity contribution in [3.8, 4) is 22.6 Å². The zero-order valence-corrected chi connectivity index (χ0v) is 19.3. The summed E-state index contributed by atoms with van der Waals surface area (Å²) in [5, 5.41) is 8.92. The van der Waals surface area contributed by atoms with E-state index in [1.54, 1.807) is 30.3 Å². The molecule has 8 nitrogen and oxygen atoms in total. The molecule has 4 aromatic rings. The zero-order chi connectivity index (χ0) is 24.9. The Kier molecular flexibility index (Phi) is 7.17. The number of aliphatic hydroxyl groups excluding tert-OH is 1. The quantitative estimate of drug-likeness (QED) is 0.380. The lowest BCUT2D eigenvalue weighted by atomic mass is 9.93. The lowest BCUT2D eigenvalue weighted by Crippen LogP contribution is -2.17. The average molecular weight is 480 g/mol. The van der Waals surface area contributed by atoms with Gasteiger partial charge in [-0.3, -0.25) is 0 Å². The van der Waals surface area contributed by atoms with E-state index >= 15 is 0 Å². The highest BCUT2D eigenvalue weighted by Crippen LogP contribution is 2.33. The normalized spacial score (nSPS) is 11.0. The van der Waals surface area contributed by atoms with E-state index in [1.807, 2.05) is 37.0 Å². The van der Waals surface area contributed by atoms with Crippen molar-refractivity contribution in [1.82, 2.24) is 9.72 Å². The van der Waals surface area contributed by atoms with Crippen LogP contribution in [0.15, 0.2) is 68.7 Å². The first-order chi connectivity index (χ1) is 16.9. The number of ether oxygens (including phenoxy) is 2. The van der Waals surface area contributed by atoms with Gasteiger partial charge >= 0.3 is 11.4 Å². The maximum Gasteiger partial charge on any atom is 0.440 e. The number of hydrogen-bond acceptors (Lipinski definition) is 6. The Morgan fingerprint density at radius 3 is 2.49 bits per heavy atom. The molecule has 0 atom stereocenters. The molecule has 4 rings (SSSR count). The minimum Gasteiger partial charge on any atom is -0.489 e. The smallest absolute Gasteiger partial charge is 0.440 e. The second kappa shape index (κ2) is 10.4. The van der Waals surface area contributed by atoms with Gasteiger partial charge in [0.1, 0.15) is 19.0 Å². The first kappa shape index (κ1) is 24.0. The van der Waals surface area contributed by atoms with Crippen molar-refractivity contribution >= 4 is 0 Å². The van der Waals surface area contributed by atoms with E-state index in [1.165, 1.54) is 6.07 Å². The van der Waals surface area contributed by atoms with Gasteiger partial charge in [0.25, 0.3) is 0 Å². The topological polar surface area (TPSA) is 107 Å². The SMILES string of the molecule is Cc1cc(OCCO)c(F)cc1-c1cccc(COc2ccc(Cn3oc(=O)[nH]c3=O)cc2)c1C. The van der Waals surface area contributed by atoms with Gasteiger partial charge < -0.3 is 19.1 Å². The van der Waals surface area contributed by atoms with Crippen LogP contribution in [0.3, 0.4) is 0 Å². The lowest BCUT2D eigenvalue weighted by molar-refractivity contribution is 0.196. The molecular formula is C26H25FN2O6. The fourth-order valence-corrected chi connectivity index (χ4v) is 3.78. The summed E-state index contributed by atoms with van der Waals surface area (Å²) in [7, 11) is 0. The predicted octanol–water partition coefficient (Wildman–Crippen LogP) is 3.55. The molecule has 182 valence electrons. The van der Waals surface area contributed by atoms with E-state index in [4.69, 9.17) is 19.1 Å². The third-order valence-electron chi connectivity index (χ3n) is 5.64. The number of rotatable bonds is 9. The van der Waals surface area contributed by atoms with Gasteiger partial charge in [-0.2, -0.15) is 0 Å². The van der Waals surface area contributed by atoms with Crippen molar-refractivity contribution in [3.05, 3.63) is 104 Å². The molecule has 35 heavy (non-hydrogen) atoms. The second-order valence-electron chi connectivity index (χ2n) is 8.04. The summed E-state index contributed by atoms with van der Waals surface area (Å²) in [5.41, 5.74) is 4.59. The van der Waals surface area contributed by atoms with Gasteiger partial charge in [-0.15, -0.1) is 4.74 Å². The number of aromatic nitrogens is 2. The van der Waals surface area contributed by atoms with Crippen LogP contribution in [0.4, 0.5) is 4.39 Å². The molecule has 2 N–H and O–H groups in total. The molecule has 0 fully saturated rings. The van der Waals surface area contributed by atoms with Gasteiger partial charge in [0, 0.05) is 0 Å². The minimum absolute atomic E-state index is 0.0313. The molecule has 0 aliphatic rings. The maximum absolute atomic E-state index is 14.6. The van der Waals surface area contributed by atoms with Crippen molar-refractivity contribution in [2.75, 3.05) is 13.2 Å². The van der Waals surface area contributed by atoms with Crippen molar-refractivity contribution in [1.29, 1.82) is 0 Å². The number of aromatic amines is 1. The van der Waals surface area contributed by atoms with Crippen LogP contribution in [0.1, 0.15) is 22.3 Å². The van der Waals surface area contributed by atoms with Gasteiger partial charge in [0.2, 0.25) is 0 Å². The molecule has 1 aromatic heterocycles. The Hall–Kier alpha value is -4.11. The Morgan fingerprint density at radius 1 is 1.03 bits per heavy atom. The monoisotopic (exact) mass is 480 g/mol. The predicted molar refractivity (Wildman–Crippen MR) is 127 cm³/mol. The van der Waals surface area contributed by atoms with Crippen LogP contribution >= 0.6 is 0 Å². The number of halogens is 1. The van der Waals surface area contributed by atoms with Crippen LogP contribution in [0.2, 0.25) is 0 Å². The standard InChI is InChI=1S/C26H25FN2O6/c1-16-12-24(33-11-10-30)23(27)13-22(16)21-5-3-4-19(17(21)2)15-34-20-8-6-18(7-9-20)14-29-25(31)28-26(32)35-29/h3-9,12-13,30H,10-11,14-15H2,1-2H3,(H,28,31,32). The molecule has 0 aliphatic heterocycles. The maximum atomic E-state index is 14.6. The first-order valence-electron chi connectivity index (χ1n) is 11.0. The number of aryl methyl sites for hydroxylation is 1. The lowest BCUT2D eigenvalue weighted by Gasteiger charge is -2.16. The molecular weight excluding hydrogens is 455 g/mol. The van der Waals surface area contributed by atoms with Crippen molar-refractivity contribution in [2.45, 2.75) is 27.0 Å². The Labute approximate surface area is 200 Å². The zero-order valence-electron chi connectivity index (χ0n) is 19.3. The average Bonchev–Trinajstić information content (AvgIpc) is 3.16. The van der Waals surface area contributed by atoms with Crippen molar-refractivity contribution in [3.63, 3.8) is 0 Å². The molecule has 0 saturated carbocycles. The van der Waals surface area contributed by atoms with Crippen molar-refractivity contribution in [2.24, 2.45) is 0 Å². The third kappa shape index (κ3) is 5.52. The summed E-state index contributed by atoms with van der Waals surface area (Å²) in [4.78, 5) is 24.7. The largest absolute Gasteiger partial charge is 0.489 e.